The summed E-state index contributed by atoms with van der Waals surface area (Å²) in [5, 5.41) is 11.8. The quantitative estimate of drug-likeness (QED) is 0.373. The van der Waals surface area contributed by atoms with Crippen LogP contribution in [0.2, 0.25) is 5.02 Å². The van der Waals surface area contributed by atoms with Crippen LogP contribution in [0.5, 0.6) is 0 Å². The number of hydrogen-bond acceptors (Lipinski definition) is 8. The minimum atomic E-state index is -4.12. The minimum absolute atomic E-state index is 0.0164. The van der Waals surface area contributed by atoms with Gasteiger partial charge in [-0.3, -0.25) is 15.0 Å². The highest BCUT2D eigenvalue weighted by atomic mass is 35.5. The van der Waals surface area contributed by atoms with E-state index in [0.29, 0.717) is 14.6 Å². The molecule has 0 aliphatic rings. The van der Waals surface area contributed by atoms with Crippen molar-refractivity contribution in [2.24, 2.45) is 0 Å². The van der Waals surface area contributed by atoms with E-state index >= 15 is 0 Å². The van der Waals surface area contributed by atoms with E-state index in [0.717, 1.165) is 11.3 Å². The summed E-state index contributed by atoms with van der Waals surface area (Å²) in [6.45, 7) is -0.198. The van der Waals surface area contributed by atoms with Crippen LogP contribution in [0.3, 0.4) is 0 Å². The van der Waals surface area contributed by atoms with Crippen LogP contribution in [0.25, 0.3) is 0 Å². The number of carbonyl (C=O) groups is 2. The SMILES string of the molecule is O=C(NCc1cc(C(=O)O)c(Nn2c(=O)c2=O)s1)NS(=O)(=O)c1ccc(Cl)cc1. The molecule has 3 rings (SSSR count). The van der Waals surface area contributed by atoms with Crippen molar-refractivity contribution in [2.45, 2.75) is 11.4 Å². The number of rotatable bonds is 7. The van der Waals surface area contributed by atoms with Crippen LogP contribution in [-0.4, -0.2) is 30.2 Å². The number of nitrogens with zero attached hydrogens (tertiary/aromatic N) is 1. The Hall–Kier alpha value is -3.16. The third-order valence-electron chi connectivity index (χ3n) is 3.54. The highest BCUT2D eigenvalue weighted by Crippen LogP contribution is 2.28. The van der Waals surface area contributed by atoms with Crippen molar-refractivity contribution >= 4 is 50.0 Å². The lowest BCUT2D eigenvalue weighted by molar-refractivity contribution is 0.0698. The Labute approximate surface area is 171 Å². The predicted molar refractivity (Wildman–Crippen MR) is 104 cm³/mol. The average Bonchev–Trinajstić information content (AvgIpc) is 3.04. The monoisotopic (exact) mass is 458 g/mol. The third kappa shape index (κ3) is 4.64. The van der Waals surface area contributed by atoms with E-state index < -0.39 is 33.1 Å². The van der Waals surface area contributed by atoms with Gasteiger partial charge in [0.25, 0.3) is 10.0 Å². The highest BCUT2D eigenvalue weighted by molar-refractivity contribution is 7.90. The van der Waals surface area contributed by atoms with Crippen LogP contribution in [0, 0.1) is 0 Å². The van der Waals surface area contributed by atoms with Crippen molar-refractivity contribution in [3.05, 3.63) is 66.5 Å². The van der Waals surface area contributed by atoms with E-state index in [1.807, 2.05) is 4.72 Å². The molecule has 14 heteroatoms. The first-order valence-electron chi connectivity index (χ1n) is 7.66. The zero-order valence-electron chi connectivity index (χ0n) is 14.1. The summed E-state index contributed by atoms with van der Waals surface area (Å²) >= 11 is 6.57. The molecule has 0 aliphatic heterocycles. The second-order valence-corrected chi connectivity index (χ2v) is 8.82. The molecule has 0 bridgehead atoms. The number of aromatic carboxylic acids is 1. The molecule has 0 saturated heterocycles. The maximum atomic E-state index is 12.1. The van der Waals surface area contributed by atoms with E-state index in [9.17, 15) is 32.7 Å². The maximum Gasteiger partial charge on any atom is 0.340 e. The lowest BCUT2D eigenvalue weighted by Gasteiger charge is -2.08. The molecule has 152 valence electrons. The van der Waals surface area contributed by atoms with E-state index in [1.165, 1.54) is 30.3 Å². The molecule has 0 unspecified atom stereocenters. The molecule has 1 aromatic carbocycles. The van der Waals surface area contributed by atoms with Gasteiger partial charge in [-0.25, -0.2) is 22.7 Å². The van der Waals surface area contributed by atoms with E-state index in [1.54, 1.807) is 0 Å². The Morgan fingerprint density at radius 1 is 1.14 bits per heavy atom. The minimum Gasteiger partial charge on any atom is -0.478 e. The number of sulfonamides is 1. The summed E-state index contributed by atoms with van der Waals surface area (Å²) < 4.78 is 26.7. The van der Waals surface area contributed by atoms with Gasteiger partial charge >= 0.3 is 23.1 Å². The number of carboxylic acids is 1. The fraction of sp³-hybridized carbons (Fsp3) is 0.0667. The van der Waals surface area contributed by atoms with Gasteiger partial charge in [0, 0.05) is 9.90 Å². The summed E-state index contributed by atoms with van der Waals surface area (Å²) in [5.41, 5.74) is 0.551. The molecule has 2 aromatic heterocycles. The number of carboxylic acid groups (broad SMARTS) is 1. The number of thiophene rings is 1. The van der Waals surface area contributed by atoms with Gasteiger partial charge in [0.2, 0.25) is 0 Å². The number of amides is 2. The zero-order chi connectivity index (χ0) is 21.3. The Morgan fingerprint density at radius 3 is 2.31 bits per heavy atom. The molecule has 0 spiro atoms. The Kier molecular flexibility index (Phi) is 5.46. The number of halogens is 1. The van der Waals surface area contributed by atoms with Crippen LogP contribution in [0.4, 0.5) is 9.80 Å². The van der Waals surface area contributed by atoms with E-state index in [-0.39, 0.29) is 22.0 Å². The molecule has 0 radical (unpaired) electrons. The summed E-state index contributed by atoms with van der Waals surface area (Å²) in [6.07, 6.45) is 0. The van der Waals surface area contributed by atoms with E-state index in [4.69, 9.17) is 11.6 Å². The smallest absolute Gasteiger partial charge is 0.340 e. The third-order valence-corrected chi connectivity index (χ3v) is 6.18. The molecule has 4 N–H and O–H groups in total. The number of urea groups is 1. The summed E-state index contributed by atoms with van der Waals surface area (Å²) in [7, 11) is -4.12. The number of hydrogen-bond donors (Lipinski definition) is 4. The van der Waals surface area contributed by atoms with Crippen LogP contribution in [-0.2, 0) is 16.6 Å². The summed E-state index contributed by atoms with van der Waals surface area (Å²) in [5.74, 6) is -1.31. The number of nitrogens with one attached hydrogen (secondary N) is 3. The molecular formula is C15H11ClN4O7S2. The molecule has 29 heavy (non-hydrogen) atoms. The summed E-state index contributed by atoms with van der Waals surface area (Å²) in [6, 6.07) is 5.35. The van der Waals surface area contributed by atoms with Gasteiger partial charge in [-0.1, -0.05) is 11.6 Å². The first kappa shape index (κ1) is 20.6. The second-order valence-electron chi connectivity index (χ2n) is 5.56. The van der Waals surface area contributed by atoms with E-state index in [2.05, 4.69) is 10.7 Å². The topological polar surface area (TPSA) is 164 Å². The van der Waals surface area contributed by atoms with Crippen molar-refractivity contribution in [1.82, 2.24) is 14.7 Å². The number of anilines is 1. The lowest BCUT2D eigenvalue weighted by atomic mass is 10.3. The normalized spacial score (nSPS) is 11.3. The first-order chi connectivity index (χ1) is 13.6. The number of benzene rings is 1. The lowest BCUT2D eigenvalue weighted by Crippen LogP contribution is -2.38. The molecule has 2 heterocycles. The molecule has 2 amide bonds. The average molecular weight is 459 g/mol. The predicted octanol–water partition coefficient (Wildman–Crippen LogP) is 0.560. The molecule has 0 aliphatic carbocycles. The van der Waals surface area contributed by atoms with Crippen LogP contribution >= 0.6 is 22.9 Å². The van der Waals surface area contributed by atoms with Gasteiger partial charge in [-0.15, -0.1) is 11.3 Å². The van der Waals surface area contributed by atoms with Crippen LogP contribution < -0.4 is 26.6 Å². The first-order valence-corrected chi connectivity index (χ1v) is 10.3. The van der Waals surface area contributed by atoms with Crippen LogP contribution in [0.15, 0.2) is 44.8 Å². The van der Waals surface area contributed by atoms with Gasteiger partial charge in [0.1, 0.15) is 5.00 Å². The highest BCUT2D eigenvalue weighted by Gasteiger charge is 2.22. The van der Waals surface area contributed by atoms with Gasteiger partial charge < -0.3 is 10.4 Å². The van der Waals surface area contributed by atoms with Gasteiger partial charge in [-0.05, 0) is 30.3 Å². The number of aromatic nitrogens is 1. The van der Waals surface area contributed by atoms with Gasteiger partial charge in [-0.2, -0.15) is 4.68 Å². The Morgan fingerprint density at radius 2 is 1.76 bits per heavy atom. The van der Waals surface area contributed by atoms with Crippen molar-refractivity contribution in [1.29, 1.82) is 0 Å². The second kappa shape index (κ2) is 7.69. The Bertz CT molecular complexity index is 1240. The zero-order valence-corrected chi connectivity index (χ0v) is 16.5. The fourth-order valence-corrected chi connectivity index (χ4v) is 4.14. The molecule has 0 saturated carbocycles. The largest absolute Gasteiger partial charge is 0.478 e. The van der Waals surface area contributed by atoms with Crippen molar-refractivity contribution in [3.63, 3.8) is 0 Å². The standard InChI is InChI=1S/C15H11ClN4O7S2/c16-7-1-3-9(4-2-7)29(26,27)19-15(25)17-6-8-5-10(14(23)24)11(28-8)18-20-12(21)13(20)22/h1-5,18H,6H2,(H,23,24)(H2,17,19,25). The molecule has 3 aromatic rings. The summed E-state index contributed by atoms with van der Waals surface area (Å²) in [4.78, 5) is 45.5. The van der Waals surface area contributed by atoms with Gasteiger partial charge in [0.15, 0.2) is 0 Å². The van der Waals surface area contributed by atoms with Crippen molar-refractivity contribution in [3.8, 4) is 0 Å². The van der Waals surface area contributed by atoms with Crippen molar-refractivity contribution < 1.29 is 23.1 Å². The van der Waals surface area contributed by atoms with Crippen LogP contribution in [0.1, 0.15) is 15.2 Å². The molecule has 11 nitrogen and oxygen atoms in total. The molecule has 0 fully saturated rings. The van der Waals surface area contributed by atoms with Crippen molar-refractivity contribution in [2.75, 3.05) is 5.43 Å². The Balaban J connectivity index is 1.66. The number of carbonyl (C=O) groups excluding carboxylic acids is 1. The van der Waals surface area contributed by atoms with Gasteiger partial charge in [0.05, 0.1) is 17.0 Å². The maximum absolute atomic E-state index is 12.1. The molecular weight excluding hydrogens is 448 g/mol. The fourth-order valence-electron chi connectivity index (χ4n) is 2.11. The molecule has 0 atom stereocenters.